The number of nitrogens with zero attached hydrogens (tertiary/aromatic N) is 5. The van der Waals surface area contributed by atoms with Gasteiger partial charge in [-0.25, -0.2) is 9.97 Å². The van der Waals surface area contributed by atoms with Crippen molar-refractivity contribution in [2.75, 3.05) is 0 Å². The van der Waals surface area contributed by atoms with Crippen molar-refractivity contribution < 1.29 is 0 Å². The summed E-state index contributed by atoms with van der Waals surface area (Å²) in [7, 11) is 0. The molecule has 0 amide bonds. The zero-order valence-electron chi connectivity index (χ0n) is 34.1. The average molecular weight is 804 g/mol. The molecule has 0 N–H and O–H groups in total. The predicted molar refractivity (Wildman–Crippen MR) is 261 cm³/mol. The van der Waals surface area contributed by atoms with Gasteiger partial charge in [-0.15, -0.1) is 0 Å². The first kappa shape index (κ1) is 35.2. The summed E-state index contributed by atoms with van der Waals surface area (Å²) in [6.45, 7) is 0. The summed E-state index contributed by atoms with van der Waals surface area (Å²) in [5.41, 5.74) is 15.3. The third-order valence-corrected chi connectivity index (χ3v) is 12.7. The molecule has 0 fully saturated rings. The molecule has 0 unspecified atom stereocenters. The third kappa shape index (κ3) is 5.57. The van der Waals surface area contributed by atoms with Crippen LogP contribution in [0, 0.1) is 0 Å². The summed E-state index contributed by atoms with van der Waals surface area (Å²) in [5, 5.41) is 7.23. The Hall–Kier alpha value is -8.54. The molecule has 0 saturated heterocycles. The largest absolute Gasteiger partial charge is 0.309 e. The number of benzene rings is 9. The monoisotopic (exact) mass is 803 g/mol. The highest BCUT2D eigenvalue weighted by atomic mass is 15.2. The Morgan fingerprint density at radius 3 is 1.17 bits per heavy atom. The van der Waals surface area contributed by atoms with Gasteiger partial charge in [0, 0.05) is 54.8 Å². The first-order chi connectivity index (χ1) is 31.2. The molecule has 13 aromatic rings. The van der Waals surface area contributed by atoms with Gasteiger partial charge in [0.25, 0.3) is 0 Å². The third-order valence-electron chi connectivity index (χ3n) is 12.7. The molecule has 0 radical (unpaired) electrons. The Bertz CT molecular complexity index is 3780. The highest BCUT2D eigenvalue weighted by Gasteiger charge is 2.20. The number of hydrogen-bond acceptors (Lipinski definition) is 2. The average Bonchev–Trinajstić information content (AvgIpc) is 3.99. The van der Waals surface area contributed by atoms with E-state index in [0.717, 1.165) is 66.8 Å². The highest BCUT2D eigenvalue weighted by molar-refractivity contribution is 6.14. The lowest BCUT2D eigenvalue weighted by molar-refractivity contribution is 0.995. The molecule has 0 spiro atoms. The Labute approximate surface area is 363 Å². The quantitative estimate of drug-likeness (QED) is 0.168. The lowest BCUT2D eigenvalue weighted by Crippen LogP contribution is -2.03. The lowest BCUT2D eigenvalue weighted by atomic mass is 10.0. The second-order valence-electron chi connectivity index (χ2n) is 16.2. The SMILES string of the molecule is c1ccc(-c2cc(-c3ccccc3)nc(-n3c4ccccc4c4cc(-c5ccc6c(c5)c5cc(-n7c8ccccc8c8ccccc87)ccc5n6-c5ccccc5)ccc43)n2)cc1. The van der Waals surface area contributed by atoms with E-state index < -0.39 is 0 Å². The Morgan fingerprint density at radius 2 is 0.619 bits per heavy atom. The van der Waals surface area contributed by atoms with Crippen LogP contribution in [0.1, 0.15) is 0 Å². The molecule has 9 aromatic carbocycles. The van der Waals surface area contributed by atoms with Gasteiger partial charge < -0.3 is 9.13 Å². The molecule has 5 heteroatoms. The van der Waals surface area contributed by atoms with Crippen molar-refractivity contribution in [1.29, 1.82) is 0 Å². The van der Waals surface area contributed by atoms with E-state index in [0.29, 0.717) is 5.95 Å². The summed E-state index contributed by atoms with van der Waals surface area (Å²) >= 11 is 0. The molecular formula is C58H37N5. The van der Waals surface area contributed by atoms with Gasteiger partial charge in [-0.2, -0.15) is 0 Å². The van der Waals surface area contributed by atoms with Crippen LogP contribution >= 0.6 is 0 Å². The number of rotatable bonds is 6. The van der Waals surface area contributed by atoms with E-state index in [1.54, 1.807) is 0 Å². The van der Waals surface area contributed by atoms with Gasteiger partial charge in [0.2, 0.25) is 5.95 Å². The van der Waals surface area contributed by atoms with Gasteiger partial charge in [-0.1, -0.05) is 146 Å². The summed E-state index contributed by atoms with van der Waals surface area (Å²) < 4.78 is 7.03. The molecule has 0 saturated carbocycles. The van der Waals surface area contributed by atoms with Crippen LogP contribution in [0.5, 0.6) is 0 Å². The standard InChI is InChI=1S/C58H37N5/c1-4-16-38(17-5-1)50-37-51(39-18-6-2-7-19-39)60-58(59-50)63-54-27-15-12-24-46(54)47-34-40(29-32-57(47)63)41-28-31-55-48(35-41)49-36-43(30-33-56(49)61(55)42-20-8-3-9-21-42)62-52-25-13-10-22-44(52)45-23-11-14-26-53(45)62/h1-37H. The van der Waals surface area contributed by atoms with Gasteiger partial charge in [0.05, 0.1) is 44.5 Å². The van der Waals surface area contributed by atoms with Crippen LogP contribution in [-0.4, -0.2) is 23.7 Å². The topological polar surface area (TPSA) is 40.6 Å². The molecule has 0 bridgehead atoms. The molecule has 294 valence electrons. The van der Waals surface area contributed by atoms with Crippen LogP contribution in [0.25, 0.3) is 116 Å². The smallest absolute Gasteiger partial charge is 0.235 e. The van der Waals surface area contributed by atoms with E-state index in [4.69, 9.17) is 9.97 Å². The molecule has 0 aliphatic rings. The molecule has 5 nitrogen and oxygen atoms in total. The molecule has 4 aromatic heterocycles. The van der Waals surface area contributed by atoms with Crippen LogP contribution in [0.2, 0.25) is 0 Å². The maximum atomic E-state index is 5.25. The van der Waals surface area contributed by atoms with Crippen molar-refractivity contribution >= 4 is 65.4 Å². The van der Waals surface area contributed by atoms with E-state index >= 15 is 0 Å². The summed E-state index contributed by atoms with van der Waals surface area (Å²) in [5.74, 6) is 0.642. The lowest BCUT2D eigenvalue weighted by Gasteiger charge is -2.12. The highest BCUT2D eigenvalue weighted by Crippen LogP contribution is 2.40. The van der Waals surface area contributed by atoms with E-state index in [1.807, 2.05) is 12.1 Å². The molecule has 0 aliphatic carbocycles. The summed E-state index contributed by atoms with van der Waals surface area (Å²) in [6, 6.07) is 80.3. The number of aromatic nitrogens is 5. The number of fused-ring (bicyclic) bond motifs is 9. The second-order valence-corrected chi connectivity index (χ2v) is 16.2. The van der Waals surface area contributed by atoms with E-state index in [2.05, 4.69) is 226 Å². The van der Waals surface area contributed by atoms with Gasteiger partial charge in [-0.3, -0.25) is 4.57 Å². The zero-order chi connectivity index (χ0) is 41.4. The van der Waals surface area contributed by atoms with E-state index in [9.17, 15) is 0 Å². The van der Waals surface area contributed by atoms with Gasteiger partial charge in [0.1, 0.15) is 0 Å². The minimum atomic E-state index is 0.642. The normalized spacial score (nSPS) is 11.8. The van der Waals surface area contributed by atoms with Crippen LogP contribution in [0.4, 0.5) is 0 Å². The second kappa shape index (κ2) is 14.0. The fourth-order valence-electron chi connectivity index (χ4n) is 9.80. The van der Waals surface area contributed by atoms with Crippen molar-refractivity contribution in [3.05, 3.63) is 224 Å². The maximum Gasteiger partial charge on any atom is 0.235 e. The predicted octanol–water partition coefficient (Wildman–Crippen LogP) is 14.8. The Kier molecular flexibility index (Phi) is 7.84. The molecule has 0 atom stereocenters. The number of para-hydroxylation sites is 4. The zero-order valence-corrected chi connectivity index (χ0v) is 34.1. The van der Waals surface area contributed by atoms with Crippen LogP contribution in [0.3, 0.4) is 0 Å². The number of hydrogen-bond donors (Lipinski definition) is 0. The maximum absolute atomic E-state index is 5.25. The first-order valence-corrected chi connectivity index (χ1v) is 21.4. The van der Waals surface area contributed by atoms with Gasteiger partial charge in [-0.05, 0) is 90.0 Å². The van der Waals surface area contributed by atoms with Crippen LogP contribution in [-0.2, 0) is 0 Å². The van der Waals surface area contributed by atoms with Crippen molar-refractivity contribution in [1.82, 2.24) is 23.7 Å². The van der Waals surface area contributed by atoms with Crippen molar-refractivity contribution in [2.24, 2.45) is 0 Å². The first-order valence-electron chi connectivity index (χ1n) is 21.4. The Morgan fingerprint density at radius 1 is 0.238 bits per heavy atom. The minimum absolute atomic E-state index is 0.642. The van der Waals surface area contributed by atoms with Crippen molar-refractivity contribution in [2.45, 2.75) is 0 Å². The van der Waals surface area contributed by atoms with E-state index in [1.165, 1.54) is 43.6 Å². The van der Waals surface area contributed by atoms with Gasteiger partial charge in [0.15, 0.2) is 0 Å². The molecule has 63 heavy (non-hydrogen) atoms. The van der Waals surface area contributed by atoms with Crippen molar-refractivity contribution in [3.63, 3.8) is 0 Å². The molecule has 4 heterocycles. The van der Waals surface area contributed by atoms with Crippen LogP contribution < -0.4 is 0 Å². The Balaban J connectivity index is 1.01. The van der Waals surface area contributed by atoms with Gasteiger partial charge >= 0.3 is 0 Å². The molecular weight excluding hydrogens is 767 g/mol. The van der Waals surface area contributed by atoms with Crippen molar-refractivity contribution in [3.8, 4) is 51.0 Å². The van der Waals surface area contributed by atoms with E-state index in [-0.39, 0.29) is 0 Å². The fraction of sp³-hybridized carbons (Fsp3) is 0. The summed E-state index contributed by atoms with van der Waals surface area (Å²) in [6.07, 6.45) is 0. The van der Waals surface area contributed by atoms with Crippen LogP contribution in [0.15, 0.2) is 224 Å². The minimum Gasteiger partial charge on any atom is -0.309 e. The molecule has 0 aliphatic heterocycles. The summed E-state index contributed by atoms with van der Waals surface area (Å²) in [4.78, 5) is 10.5. The fourth-order valence-corrected chi connectivity index (χ4v) is 9.80. The molecule has 13 rings (SSSR count).